The maximum Gasteiger partial charge on any atom is 0.0606 e. The molecule has 10 heavy (non-hydrogen) atoms. The van der Waals surface area contributed by atoms with E-state index >= 15 is 0 Å². The molecule has 57 valence electrons. The van der Waals surface area contributed by atoms with Crippen LogP contribution in [0.25, 0.3) is 0 Å². The average Bonchev–Trinajstić information content (AvgIpc) is 2.48. The molecule has 1 nitrogen and oxygen atoms in total. The van der Waals surface area contributed by atoms with Crippen LogP contribution in [0.5, 0.6) is 0 Å². The van der Waals surface area contributed by atoms with Crippen molar-refractivity contribution in [1.82, 2.24) is 0 Å². The Labute approximate surface area is 62.8 Å². The van der Waals surface area contributed by atoms with Crippen molar-refractivity contribution in [3.8, 4) is 0 Å². The van der Waals surface area contributed by atoms with Crippen LogP contribution in [0.3, 0.4) is 0 Å². The third-order valence-electron chi connectivity index (χ3n) is 3.01. The average molecular weight is 139 g/mol. The highest BCUT2D eigenvalue weighted by Gasteiger charge is 2.39. The molecule has 2 fully saturated rings. The minimum atomic E-state index is 0.580. The SMILES string of the molecule is [CH2]COC1CC2CCC1C2. The third kappa shape index (κ3) is 0.968. The number of fused-ring (bicyclic) bond motifs is 2. The van der Waals surface area contributed by atoms with Gasteiger partial charge in [-0.3, -0.25) is 0 Å². The van der Waals surface area contributed by atoms with Gasteiger partial charge in [0.05, 0.1) is 6.10 Å². The molecular weight excluding hydrogens is 124 g/mol. The van der Waals surface area contributed by atoms with Gasteiger partial charge in [0.25, 0.3) is 0 Å². The smallest absolute Gasteiger partial charge is 0.0606 e. The molecule has 3 unspecified atom stereocenters. The van der Waals surface area contributed by atoms with E-state index in [4.69, 9.17) is 4.74 Å². The molecule has 0 aromatic carbocycles. The lowest BCUT2D eigenvalue weighted by Gasteiger charge is -2.20. The summed E-state index contributed by atoms with van der Waals surface area (Å²) >= 11 is 0. The van der Waals surface area contributed by atoms with Crippen molar-refractivity contribution in [2.45, 2.75) is 31.8 Å². The molecule has 0 heterocycles. The number of hydrogen-bond acceptors (Lipinski definition) is 1. The lowest BCUT2D eigenvalue weighted by molar-refractivity contribution is 0.0329. The Morgan fingerprint density at radius 2 is 2.20 bits per heavy atom. The van der Waals surface area contributed by atoms with E-state index in [2.05, 4.69) is 6.92 Å². The molecule has 2 bridgehead atoms. The Kier molecular flexibility index (Phi) is 1.69. The fourth-order valence-corrected chi connectivity index (χ4v) is 2.54. The highest BCUT2D eigenvalue weighted by molar-refractivity contribution is 4.90. The molecular formula is C9H15O. The third-order valence-corrected chi connectivity index (χ3v) is 3.01. The lowest BCUT2D eigenvalue weighted by atomic mass is 9.98. The van der Waals surface area contributed by atoms with Crippen molar-refractivity contribution in [1.29, 1.82) is 0 Å². The second kappa shape index (κ2) is 2.54. The molecule has 0 saturated heterocycles. The van der Waals surface area contributed by atoms with Gasteiger partial charge >= 0.3 is 0 Å². The summed E-state index contributed by atoms with van der Waals surface area (Å²) in [6.07, 6.45) is 6.21. The molecule has 2 saturated carbocycles. The number of rotatable bonds is 2. The van der Waals surface area contributed by atoms with Crippen LogP contribution >= 0.6 is 0 Å². The summed E-state index contributed by atoms with van der Waals surface area (Å²) in [6, 6.07) is 0. The molecule has 1 radical (unpaired) electrons. The van der Waals surface area contributed by atoms with Crippen LogP contribution in [0.4, 0.5) is 0 Å². The maximum absolute atomic E-state index is 5.53. The first kappa shape index (κ1) is 6.66. The van der Waals surface area contributed by atoms with Gasteiger partial charge in [-0.2, -0.15) is 0 Å². The normalized spacial score (nSPS) is 44.7. The molecule has 2 rings (SSSR count). The Balaban J connectivity index is 1.90. The second-order valence-corrected chi connectivity index (χ2v) is 3.58. The maximum atomic E-state index is 5.53. The first-order chi connectivity index (χ1) is 4.90. The van der Waals surface area contributed by atoms with Gasteiger partial charge in [0.15, 0.2) is 0 Å². The van der Waals surface area contributed by atoms with Crippen molar-refractivity contribution in [2.75, 3.05) is 6.61 Å². The quantitative estimate of drug-likeness (QED) is 0.568. The zero-order chi connectivity index (χ0) is 6.97. The monoisotopic (exact) mass is 139 g/mol. The van der Waals surface area contributed by atoms with Gasteiger partial charge in [0, 0.05) is 6.61 Å². The zero-order valence-electron chi connectivity index (χ0n) is 6.38. The number of hydrogen-bond donors (Lipinski definition) is 0. The summed E-state index contributed by atoms with van der Waals surface area (Å²) in [4.78, 5) is 0. The predicted octanol–water partition coefficient (Wildman–Crippen LogP) is 2.03. The van der Waals surface area contributed by atoms with Gasteiger partial charge in [-0.15, -0.1) is 0 Å². The minimum Gasteiger partial charge on any atom is -0.378 e. The Bertz CT molecular complexity index is 122. The molecule has 0 aromatic rings. The first-order valence-corrected chi connectivity index (χ1v) is 4.31. The van der Waals surface area contributed by atoms with E-state index in [1.807, 2.05) is 0 Å². The van der Waals surface area contributed by atoms with Crippen LogP contribution in [-0.2, 0) is 4.74 Å². The highest BCUT2D eigenvalue weighted by Crippen LogP contribution is 2.45. The van der Waals surface area contributed by atoms with Gasteiger partial charge in [0.1, 0.15) is 0 Å². The summed E-state index contributed by atoms with van der Waals surface area (Å²) in [5.74, 6) is 1.90. The van der Waals surface area contributed by atoms with E-state index < -0.39 is 0 Å². The standard InChI is InChI=1S/C9H15O/c1-2-10-9-6-7-3-4-8(9)5-7/h7-9H,1-6H2. The second-order valence-electron chi connectivity index (χ2n) is 3.58. The van der Waals surface area contributed by atoms with Crippen molar-refractivity contribution < 1.29 is 4.74 Å². The van der Waals surface area contributed by atoms with Crippen LogP contribution < -0.4 is 0 Å². The van der Waals surface area contributed by atoms with E-state index in [1.165, 1.54) is 25.7 Å². The van der Waals surface area contributed by atoms with Gasteiger partial charge in [-0.05, 0) is 44.4 Å². The molecule has 1 heteroatoms. The van der Waals surface area contributed by atoms with Gasteiger partial charge in [-0.1, -0.05) is 0 Å². The predicted molar refractivity (Wildman–Crippen MR) is 40.5 cm³/mol. The molecule has 0 spiro atoms. The minimum absolute atomic E-state index is 0.580. The van der Waals surface area contributed by atoms with E-state index in [-0.39, 0.29) is 0 Å². The van der Waals surface area contributed by atoms with Crippen LogP contribution in [0.1, 0.15) is 25.7 Å². The van der Waals surface area contributed by atoms with Crippen LogP contribution in [0, 0.1) is 18.8 Å². The summed E-state index contributed by atoms with van der Waals surface area (Å²) < 4.78 is 5.53. The number of ether oxygens (including phenoxy) is 1. The molecule has 2 aliphatic rings. The van der Waals surface area contributed by atoms with Crippen molar-refractivity contribution >= 4 is 0 Å². The summed E-state index contributed by atoms with van der Waals surface area (Å²) in [5.41, 5.74) is 0. The fraction of sp³-hybridized carbons (Fsp3) is 0.889. The molecule has 2 aliphatic carbocycles. The lowest BCUT2D eigenvalue weighted by Crippen LogP contribution is -2.20. The molecule has 0 N–H and O–H groups in total. The summed E-state index contributed by atoms with van der Waals surface area (Å²) in [5, 5.41) is 0. The zero-order valence-corrected chi connectivity index (χ0v) is 6.38. The van der Waals surface area contributed by atoms with Crippen molar-refractivity contribution in [3.05, 3.63) is 6.92 Å². The molecule has 3 atom stereocenters. The summed E-state index contributed by atoms with van der Waals surface area (Å²) in [7, 11) is 0. The Morgan fingerprint density at radius 3 is 2.70 bits per heavy atom. The Hall–Kier alpha value is -0.0400. The van der Waals surface area contributed by atoms with Crippen molar-refractivity contribution in [3.63, 3.8) is 0 Å². The summed E-state index contributed by atoms with van der Waals surface area (Å²) in [6.45, 7) is 4.37. The van der Waals surface area contributed by atoms with Crippen LogP contribution in [-0.4, -0.2) is 12.7 Å². The topological polar surface area (TPSA) is 9.23 Å². The van der Waals surface area contributed by atoms with Gasteiger partial charge in [-0.25, -0.2) is 0 Å². The van der Waals surface area contributed by atoms with Crippen LogP contribution in [0.15, 0.2) is 0 Å². The fourth-order valence-electron chi connectivity index (χ4n) is 2.54. The molecule has 0 amide bonds. The van der Waals surface area contributed by atoms with Crippen molar-refractivity contribution in [2.24, 2.45) is 11.8 Å². The Morgan fingerprint density at radius 1 is 1.30 bits per heavy atom. The molecule has 0 aromatic heterocycles. The van der Waals surface area contributed by atoms with E-state index in [1.54, 1.807) is 0 Å². The van der Waals surface area contributed by atoms with Crippen LogP contribution in [0.2, 0.25) is 0 Å². The van der Waals surface area contributed by atoms with E-state index in [0.717, 1.165) is 11.8 Å². The van der Waals surface area contributed by atoms with Gasteiger partial charge < -0.3 is 4.74 Å². The highest BCUT2D eigenvalue weighted by atomic mass is 16.5. The van der Waals surface area contributed by atoms with Gasteiger partial charge in [0.2, 0.25) is 0 Å². The molecule has 0 aliphatic heterocycles. The largest absolute Gasteiger partial charge is 0.378 e. The van der Waals surface area contributed by atoms with E-state index in [9.17, 15) is 0 Å². The van der Waals surface area contributed by atoms with E-state index in [0.29, 0.717) is 12.7 Å². The first-order valence-electron chi connectivity index (χ1n) is 4.31.